The lowest BCUT2D eigenvalue weighted by Gasteiger charge is -2.28. The highest BCUT2D eigenvalue weighted by Gasteiger charge is 2.37. The van der Waals surface area contributed by atoms with Gasteiger partial charge in [-0.15, -0.1) is 0 Å². The van der Waals surface area contributed by atoms with E-state index in [1.807, 2.05) is 0 Å². The first-order chi connectivity index (χ1) is 12.6. The van der Waals surface area contributed by atoms with Crippen molar-refractivity contribution in [2.45, 2.75) is 4.90 Å². The summed E-state index contributed by atoms with van der Waals surface area (Å²) in [6.07, 6.45) is 0. The molecular weight excluding hydrogens is 398 g/mol. The molecule has 0 fully saturated rings. The van der Waals surface area contributed by atoms with E-state index in [0.29, 0.717) is 4.31 Å². The average Bonchev–Trinajstić information content (AvgIpc) is 2.62. The lowest BCUT2D eigenvalue weighted by Crippen LogP contribution is -2.37. The lowest BCUT2D eigenvalue weighted by atomic mass is 10.1. The molecule has 2 aromatic carbocycles. The Morgan fingerprint density at radius 1 is 1.26 bits per heavy atom. The number of nitro benzene ring substituents is 1. The Kier molecular flexibility index (Phi) is 4.54. The Morgan fingerprint density at radius 3 is 2.56 bits per heavy atom. The predicted molar refractivity (Wildman–Crippen MR) is 97.7 cm³/mol. The van der Waals surface area contributed by atoms with Crippen LogP contribution in [0.1, 0.15) is 5.56 Å². The topological polar surface area (TPSA) is 130 Å². The molecule has 0 saturated heterocycles. The third-order valence-electron chi connectivity index (χ3n) is 3.95. The highest BCUT2D eigenvalue weighted by atomic mass is 35.5. The first kappa shape index (κ1) is 18.7. The smallest absolute Gasteiger partial charge is 0.276 e. The molecule has 1 aliphatic heterocycles. The molecule has 1 heterocycles. The van der Waals surface area contributed by atoms with E-state index in [4.69, 9.17) is 11.6 Å². The molecule has 140 valence electrons. The van der Waals surface area contributed by atoms with Gasteiger partial charge in [0.2, 0.25) is 0 Å². The maximum atomic E-state index is 12.6. The summed E-state index contributed by atoms with van der Waals surface area (Å²) >= 11 is 5.94. The monoisotopic (exact) mass is 409 g/mol. The number of anilines is 1. The molecule has 0 bridgehead atoms. The van der Waals surface area contributed by atoms with Gasteiger partial charge in [-0.05, 0) is 18.2 Å². The number of hydrogen-bond donors (Lipinski definition) is 2. The fourth-order valence-corrected chi connectivity index (χ4v) is 4.20. The van der Waals surface area contributed by atoms with Crippen LogP contribution in [0.3, 0.4) is 0 Å². The van der Waals surface area contributed by atoms with Crippen molar-refractivity contribution in [3.05, 3.63) is 68.9 Å². The summed E-state index contributed by atoms with van der Waals surface area (Å²) in [7, 11) is -2.90. The van der Waals surface area contributed by atoms with Gasteiger partial charge in [0.25, 0.3) is 21.6 Å². The van der Waals surface area contributed by atoms with E-state index in [0.717, 1.165) is 19.2 Å². The predicted octanol–water partition coefficient (Wildman–Crippen LogP) is 2.75. The zero-order valence-corrected chi connectivity index (χ0v) is 15.3. The molecule has 0 aromatic heterocycles. The summed E-state index contributed by atoms with van der Waals surface area (Å²) in [6.45, 7) is 0. The molecule has 0 saturated carbocycles. The van der Waals surface area contributed by atoms with Crippen molar-refractivity contribution in [2.75, 3.05) is 12.4 Å². The molecule has 1 aliphatic rings. The van der Waals surface area contributed by atoms with Crippen molar-refractivity contribution < 1.29 is 23.2 Å². The SMILES string of the molecule is CN1C(C(=O)Nc2ccc([N+](=O)[O-])cc2Cl)=C(O)c2ccccc2S1(=O)=O. The Labute approximate surface area is 158 Å². The van der Waals surface area contributed by atoms with Crippen LogP contribution < -0.4 is 5.32 Å². The zero-order valence-electron chi connectivity index (χ0n) is 13.7. The molecular formula is C16H12ClN3O6S. The first-order valence-electron chi connectivity index (χ1n) is 7.41. The second-order valence-corrected chi connectivity index (χ2v) is 7.89. The van der Waals surface area contributed by atoms with Gasteiger partial charge in [-0.1, -0.05) is 23.7 Å². The van der Waals surface area contributed by atoms with Crippen molar-refractivity contribution in [3.63, 3.8) is 0 Å². The van der Waals surface area contributed by atoms with Crippen LogP contribution in [0.5, 0.6) is 0 Å². The number of halogens is 1. The number of fused-ring (bicyclic) bond motifs is 1. The van der Waals surface area contributed by atoms with Crippen LogP contribution in [-0.4, -0.2) is 35.7 Å². The van der Waals surface area contributed by atoms with Gasteiger partial charge in [0.05, 0.1) is 20.5 Å². The second-order valence-electron chi connectivity index (χ2n) is 5.54. The summed E-state index contributed by atoms with van der Waals surface area (Å²) in [5.41, 5.74) is -0.748. The number of carbonyl (C=O) groups excluding carboxylic acids is 1. The van der Waals surface area contributed by atoms with Gasteiger partial charge < -0.3 is 10.4 Å². The molecule has 0 aliphatic carbocycles. The molecule has 0 radical (unpaired) electrons. The molecule has 0 unspecified atom stereocenters. The minimum atomic E-state index is -4.04. The number of hydrogen-bond acceptors (Lipinski definition) is 6. The van der Waals surface area contributed by atoms with Crippen LogP contribution >= 0.6 is 11.6 Å². The third kappa shape index (κ3) is 3.09. The number of nitro groups is 1. The Balaban J connectivity index is 2.03. The van der Waals surface area contributed by atoms with Crippen LogP contribution in [0.25, 0.3) is 5.76 Å². The molecule has 11 heteroatoms. The molecule has 9 nitrogen and oxygen atoms in total. The fourth-order valence-electron chi connectivity index (χ4n) is 2.58. The summed E-state index contributed by atoms with van der Waals surface area (Å²) in [5, 5.41) is 23.4. The highest BCUT2D eigenvalue weighted by molar-refractivity contribution is 7.89. The maximum absolute atomic E-state index is 12.6. The minimum absolute atomic E-state index is 0.00412. The second kappa shape index (κ2) is 6.56. The number of amides is 1. The number of carbonyl (C=O) groups is 1. The van der Waals surface area contributed by atoms with E-state index in [-0.39, 0.29) is 26.9 Å². The van der Waals surface area contributed by atoms with E-state index in [1.54, 1.807) is 0 Å². The van der Waals surface area contributed by atoms with Crippen LogP contribution in [-0.2, 0) is 14.8 Å². The number of nitrogens with one attached hydrogen (secondary N) is 1. The molecule has 0 atom stereocenters. The van der Waals surface area contributed by atoms with Gasteiger partial charge in [-0.2, -0.15) is 0 Å². The van der Waals surface area contributed by atoms with Crippen molar-refractivity contribution in [1.29, 1.82) is 0 Å². The number of benzene rings is 2. The average molecular weight is 410 g/mol. The van der Waals surface area contributed by atoms with Gasteiger partial charge in [-0.25, -0.2) is 8.42 Å². The lowest BCUT2D eigenvalue weighted by molar-refractivity contribution is -0.384. The number of likely N-dealkylation sites (N-methyl/N-ethyl adjacent to an activating group) is 1. The zero-order chi connectivity index (χ0) is 19.9. The normalized spacial score (nSPS) is 15.3. The summed E-state index contributed by atoms with van der Waals surface area (Å²) < 4.78 is 25.9. The van der Waals surface area contributed by atoms with Crippen LogP contribution in [0.2, 0.25) is 5.02 Å². The van der Waals surface area contributed by atoms with Crippen molar-refractivity contribution in [2.24, 2.45) is 0 Å². The third-order valence-corrected chi connectivity index (χ3v) is 6.07. The van der Waals surface area contributed by atoms with Gasteiger partial charge in [0.15, 0.2) is 11.5 Å². The minimum Gasteiger partial charge on any atom is -0.505 e. The van der Waals surface area contributed by atoms with Crippen molar-refractivity contribution in [3.8, 4) is 0 Å². The quantitative estimate of drug-likeness (QED) is 0.592. The molecule has 0 spiro atoms. The number of non-ortho nitro benzene ring substituents is 1. The van der Waals surface area contributed by atoms with E-state index >= 15 is 0 Å². The fraction of sp³-hybridized carbons (Fsp3) is 0.0625. The standard InChI is InChI=1S/C16H12ClN3O6S/c1-19-14(15(21)10-4-2-3-5-13(10)27(19,25)26)16(22)18-12-7-6-9(20(23)24)8-11(12)17/h2-8,21H,1H3,(H,18,22). The number of sulfonamides is 1. The Bertz CT molecular complexity index is 1110. The Morgan fingerprint density at radius 2 is 1.93 bits per heavy atom. The summed E-state index contributed by atoms with van der Waals surface area (Å²) in [4.78, 5) is 22.6. The van der Waals surface area contributed by atoms with Gasteiger partial charge in [0, 0.05) is 24.7 Å². The molecule has 2 N–H and O–H groups in total. The van der Waals surface area contributed by atoms with Crippen molar-refractivity contribution >= 4 is 44.7 Å². The number of aliphatic hydroxyl groups is 1. The molecule has 2 aromatic rings. The van der Waals surface area contributed by atoms with Crippen LogP contribution in [0.15, 0.2) is 53.1 Å². The number of aliphatic hydroxyl groups excluding tert-OH is 1. The van der Waals surface area contributed by atoms with Crippen molar-refractivity contribution in [1.82, 2.24) is 4.31 Å². The first-order valence-corrected chi connectivity index (χ1v) is 9.23. The van der Waals surface area contributed by atoms with Crippen LogP contribution in [0, 0.1) is 10.1 Å². The molecule has 3 rings (SSSR count). The highest BCUT2D eigenvalue weighted by Crippen LogP contribution is 2.35. The van der Waals surface area contributed by atoms with E-state index in [9.17, 15) is 28.4 Å². The van der Waals surface area contributed by atoms with E-state index in [2.05, 4.69) is 5.32 Å². The Hall–Kier alpha value is -3.11. The number of nitrogens with zero attached hydrogens (tertiary/aromatic N) is 2. The van der Waals surface area contributed by atoms with Gasteiger partial charge >= 0.3 is 0 Å². The maximum Gasteiger partial charge on any atom is 0.276 e. The number of rotatable bonds is 3. The van der Waals surface area contributed by atoms with Crippen LogP contribution in [0.4, 0.5) is 11.4 Å². The molecule has 1 amide bonds. The summed E-state index contributed by atoms with van der Waals surface area (Å²) in [6, 6.07) is 9.11. The largest absolute Gasteiger partial charge is 0.505 e. The van der Waals surface area contributed by atoms with E-state index in [1.165, 1.54) is 30.3 Å². The van der Waals surface area contributed by atoms with Gasteiger partial charge in [0.1, 0.15) is 0 Å². The molecule has 27 heavy (non-hydrogen) atoms. The summed E-state index contributed by atoms with van der Waals surface area (Å²) in [5.74, 6) is -1.46. The van der Waals surface area contributed by atoms with Gasteiger partial charge in [-0.3, -0.25) is 19.2 Å². The van der Waals surface area contributed by atoms with E-state index < -0.39 is 32.3 Å².